The van der Waals surface area contributed by atoms with Gasteiger partial charge in [-0.15, -0.1) is 0 Å². The van der Waals surface area contributed by atoms with Gasteiger partial charge in [0.05, 0.1) is 26.5 Å². The number of hydrogen-bond acceptors (Lipinski definition) is 7. The number of ether oxygens (including phenoxy) is 2. The van der Waals surface area contributed by atoms with Gasteiger partial charge in [-0.05, 0) is 36.1 Å². The molecule has 7 nitrogen and oxygen atoms in total. The van der Waals surface area contributed by atoms with Crippen molar-refractivity contribution >= 4 is 17.5 Å². The molecule has 8 heteroatoms. The Hall–Kier alpha value is -3.13. The maximum Gasteiger partial charge on any atom is 0.250 e. The number of aromatic nitrogens is 3. The van der Waals surface area contributed by atoms with Crippen molar-refractivity contribution in [3.8, 4) is 22.8 Å². The van der Waals surface area contributed by atoms with Gasteiger partial charge in [-0.25, -0.2) is 9.97 Å². The largest absolute Gasteiger partial charge is 0.493 e. The number of carbonyl (C=O) groups excluding carboxylic acids is 1. The van der Waals surface area contributed by atoms with E-state index in [9.17, 15) is 9.59 Å². The lowest BCUT2D eigenvalue weighted by Gasteiger charge is -2.12. The molecule has 0 aliphatic heterocycles. The van der Waals surface area contributed by atoms with Crippen molar-refractivity contribution in [2.45, 2.75) is 18.6 Å². The van der Waals surface area contributed by atoms with Gasteiger partial charge in [0.1, 0.15) is 5.69 Å². The third-order valence-corrected chi connectivity index (χ3v) is 4.88. The first-order valence-corrected chi connectivity index (χ1v) is 10.0. The zero-order valence-electron chi connectivity index (χ0n) is 16.6. The van der Waals surface area contributed by atoms with Crippen molar-refractivity contribution in [1.29, 1.82) is 0 Å². The van der Waals surface area contributed by atoms with Gasteiger partial charge in [0.15, 0.2) is 22.4 Å². The highest BCUT2D eigenvalue weighted by Crippen LogP contribution is 2.28. The highest BCUT2D eigenvalue weighted by Gasteiger charge is 2.11. The SMILES string of the molecule is COc1ccc(Cn2cc(-c3cc(C(C)=O)nc(SC)n3)ccc2=O)cc1OC. The van der Waals surface area contributed by atoms with E-state index in [-0.39, 0.29) is 11.3 Å². The Morgan fingerprint density at radius 3 is 2.48 bits per heavy atom. The van der Waals surface area contributed by atoms with Crippen molar-refractivity contribution in [2.75, 3.05) is 20.5 Å². The van der Waals surface area contributed by atoms with E-state index in [2.05, 4.69) is 9.97 Å². The molecule has 0 saturated carbocycles. The quantitative estimate of drug-likeness (QED) is 0.335. The van der Waals surface area contributed by atoms with E-state index >= 15 is 0 Å². The van der Waals surface area contributed by atoms with Gasteiger partial charge in [0, 0.05) is 24.8 Å². The summed E-state index contributed by atoms with van der Waals surface area (Å²) in [6.07, 6.45) is 3.58. The van der Waals surface area contributed by atoms with Gasteiger partial charge in [-0.2, -0.15) is 0 Å². The average Bonchev–Trinajstić information content (AvgIpc) is 2.74. The molecule has 0 unspecified atom stereocenters. The molecule has 0 bridgehead atoms. The number of rotatable bonds is 7. The second-order valence-electron chi connectivity index (χ2n) is 6.25. The first-order valence-electron chi connectivity index (χ1n) is 8.81. The Morgan fingerprint density at radius 1 is 1.07 bits per heavy atom. The van der Waals surface area contributed by atoms with Crippen LogP contribution in [0, 0.1) is 0 Å². The topological polar surface area (TPSA) is 83.3 Å². The van der Waals surface area contributed by atoms with Crippen LogP contribution in [0.1, 0.15) is 23.0 Å². The van der Waals surface area contributed by atoms with Crippen LogP contribution < -0.4 is 15.0 Å². The monoisotopic (exact) mass is 411 g/mol. The first-order chi connectivity index (χ1) is 13.9. The summed E-state index contributed by atoms with van der Waals surface area (Å²) in [5, 5.41) is 0.505. The molecule has 0 radical (unpaired) electrons. The van der Waals surface area contributed by atoms with Crippen molar-refractivity contribution in [1.82, 2.24) is 14.5 Å². The van der Waals surface area contributed by atoms with Gasteiger partial charge in [0.2, 0.25) is 0 Å². The van der Waals surface area contributed by atoms with E-state index in [0.29, 0.717) is 34.6 Å². The van der Waals surface area contributed by atoms with E-state index in [1.807, 2.05) is 18.4 Å². The predicted molar refractivity (Wildman–Crippen MR) is 112 cm³/mol. The van der Waals surface area contributed by atoms with E-state index in [4.69, 9.17) is 9.47 Å². The van der Waals surface area contributed by atoms with Gasteiger partial charge in [-0.1, -0.05) is 17.8 Å². The summed E-state index contributed by atoms with van der Waals surface area (Å²) < 4.78 is 12.2. The third-order valence-electron chi connectivity index (χ3n) is 4.33. The van der Waals surface area contributed by atoms with Crippen LogP contribution in [0.25, 0.3) is 11.3 Å². The molecule has 0 aliphatic carbocycles. The number of benzene rings is 1. The molecule has 2 aromatic heterocycles. The molecule has 0 saturated heterocycles. The van der Waals surface area contributed by atoms with Crippen LogP contribution >= 0.6 is 11.8 Å². The molecule has 3 aromatic rings. The molecule has 0 N–H and O–H groups in total. The summed E-state index contributed by atoms with van der Waals surface area (Å²) >= 11 is 1.36. The molecule has 2 heterocycles. The lowest BCUT2D eigenvalue weighted by atomic mass is 10.1. The number of nitrogens with zero attached hydrogens (tertiary/aromatic N) is 3. The Labute approximate surface area is 172 Å². The molecular formula is C21H21N3O4S. The molecule has 150 valence electrons. The minimum atomic E-state index is -0.144. The standard InChI is InChI=1S/C21H21N3O4S/c1-13(25)16-10-17(23-21(22-16)29-4)15-6-8-20(26)24(12-15)11-14-5-7-18(27-2)19(9-14)28-3/h5-10,12H,11H2,1-4H3. The summed E-state index contributed by atoms with van der Waals surface area (Å²) in [5.74, 6) is 1.09. The van der Waals surface area contributed by atoms with Crippen LogP contribution in [0.5, 0.6) is 11.5 Å². The smallest absolute Gasteiger partial charge is 0.250 e. The Kier molecular flexibility index (Phi) is 6.33. The zero-order chi connectivity index (χ0) is 21.0. The zero-order valence-corrected chi connectivity index (χ0v) is 17.4. The molecule has 0 aliphatic rings. The Bertz CT molecular complexity index is 1110. The lowest BCUT2D eigenvalue weighted by Crippen LogP contribution is -2.19. The second-order valence-corrected chi connectivity index (χ2v) is 7.03. The van der Waals surface area contributed by atoms with Crippen molar-refractivity contribution in [2.24, 2.45) is 0 Å². The van der Waals surface area contributed by atoms with Gasteiger partial charge < -0.3 is 14.0 Å². The maximum absolute atomic E-state index is 12.4. The number of hydrogen-bond donors (Lipinski definition) is 0. The van der Waals surface area contributed by atoms with E-state index in [1.165, 1.54) is 24.8 Å². The first kappa shape index (κ1) is 20.6. The van der Waals surface area contributed by atoms with Crippen molar-refractivity contribution in [3.63, 3.8) is 0 Å². The van der Waals surface area contributed by atoms with Crippen molar-refractivity contribution in [3.05, 3.63) is 64.2 Å². The second kappa shape index (κ2) is 8.91. The molecule has 29 heavy (non-hydrogen) atoms. The van der Waals surface area contributed by atoms with Gasteiger partial charge in [-0.3, -0.25) is 9.59 Å². The highest BCUT2D eigenvalue weighted by molar-refractivity contribution is 7.98. The number of methoxy groups -OCH3 is 2. The molecule has 3 rings (SSSR count). The molecule has 0 amide bonds. The molecular weight excluding hydrogens is 390 g/mol. The number of carbonyl (C=O) groups is 1. The summed E-state index contributed by atoms with van der Waals surface area (Å²) in [4.78, 5) is 32.9. The average molecular weight is 411 g/mol. The van der Waals surface area contributed by atoms with E-state index in [0.717, 1.165) is 11.1 Å². The minimum absolute atomic E-state index is 0.136. The summed E-state index contributed by atoms with van der Waals surface area (Å²) in [6.45, 7) is 1.82. The van der Waals surface area contributed by atoms with Crippen LogP contribution in [0.4, 0.5) is 0 Å². The minimum Gasteiger partial charge on any atom is -0.493 e. The fraction of sp³-hybridized carbons (Fsp3) is 0.238. The van der Waals surface area contributed by atoms with E-state index < -0.39 is 0 Å². The third kappa shape index (κ3) is 4.65. The fourth-order valence-corrected chi connectivity index (χ4v) is 3.21. The van der Waals surface area contributed by atoms with E-state index in [1.54, 1.807) is 43.2 Å². The molecule has 0 spiro atoms. The number of ketones is 1. The van der Waals surface area contributed by atoms with Crippen LogP contribution in [0.15, 0.2) is 52.5 Å². The predicted octanol–water partition coefficient (Wildman–Crippen LogP) is 3.30. The Balaban J connectivity index is 2.00. The number of Topliss-reactive ketones (excluding diaryl/α,β-unsaturated/α-hetero) is 1. The highest BCUT2D eigenvalue weighted by atomic mass is 32.2. The van der Waals surface area contributed by atoms with Gasteiger partial charge in [0.25, 0.3) is 5.56 Å². The number of thioether (sulfide) groups is 1. The maximum atomic E-state index is 12.4. The van der Waals surface area contributed by atoms with Gasteiger partial charge >= 0.3 is 0 Å². The lowest BCUT2D eigenvalue weighted by molar-refractivity contribution is 0.101. The van der Waals surface area contributed by atoms with Crippen LogP contribution in [0.2, 0.25) is 0 Å². The number of pyridine rings is 1. The summed E-state index contributed by atoms with van der Waals surface area (Å²) in [5.41, 5.74) is 2.41. The Morgan fingerprint density at radius 2 is 1.83 bits per heavy atom. The van der Waals surface area contributed by atoms with Crippen LogP contribution in [0.3, 0.4) is 0 Å². The van der Waals surface area contributed by atoms with Crippen LogP contribution in [-0.2, 0) is 6.54 Å². The van der Waals surface area contributed by atoms with Crippen LogP contribution in [-0.4, -0.2) is 40.8 Å². The molecule has 1 aromatic carbocycles. The fourth-order valence-electron chi connectivity index (χ4n) is 2.83. The van der Waals surface area contributed by atoms with Crippen molar-refractivity contribution < 1.29 is 14.3 Å². The normalized spacial score (nSPS) is 10.6. The molecule has 0 fully saturated rings. The summed E-state index contributed by atoms with van der Waals surface area (Å²) in [6, 6.07) is 10.3. The molecule has 0 atom stereocenters. The summed E-state index contributed by atoms with van der Waals surface area (Å²) in [7, 11) is 3.14.